The Hall–Kier alpha value is -1.09. The molecule has 1 aromatic carbocycles. The molecular weight excluding hydrogens is 193 g/mol. The average Bonchev–Trinajstić information content (AvgIpc) is 2.21. The minimum absolute atomic E-state index is 0.304. The highest BCUT2D eigenvalue weighted by atomic mass is 19.1. The smallest absolute Gasteiger partial charge is 0.123 e. The maximum absolute atomic E-state index is 13.0. The summed E-state index contributed by atoms with van der Waals surface area (Å²) in [4.78, 5) is 2.10. The summed E-state index contributed by atoms with van der Waals surface area (Å²) in [5.41, 5.74) is 1.56. The Kier molecular flexibility index (Phi) is 4.09. The van der Waals surface area contributed by atoms with E-state index < -0.39 is 6.10 Å². The van der Waals surface area contributed by atoms with Crippen molar-refractivity contribution in [3.8, 4) is 0 Å². The molecule has 3 heteroatoms. The Morgan fingerprint density at radius 2 is 1.93 bits per heavy atom. The SMILES string of the molecule is CCN(CC)c1ccc(F)cc1C(C)O. The first-order valence-corrected chi connectivity index (χ1v) is 5.32. The summed E-state index contributed by atoms with van der Waals surface area (Å²) >= 11 is 0. The molecule has 0 aliphatic heterocycles. The maximum Gasteiger partial charge on any atom is 0.123 e. The number of rotatable bonds is 4. The highest BCUT2D eigenvalue weighted by molar-refractivity contribution is 5.54. The molecule has 1 atom stereocenters. The van der Waals surface area contributed by atoms with Crippen LogP contribution in [0.5, 0.6) is 0 Å². The van der Waals surface area contributed by atoms with Crippen LogP contribution in [0.4, 0.5) is 10.1 Å². The molecule has 0 amide bonds. The third-order valence-corrected chi connectivity index (χ3v) is 2.54. The first-order valence-electron chi connectivity index (χ1n) is 5.32. The summed E-state index contributed by atoms with van der Waals surface area (Å²) < 4.78 is 13.0. The fourth-order valence-electron chi connectivity index (χ4n) is 1.71. The van der Waals surface area contributed by atoms with Gasteiger partial charge in [0, 0.05) is 24.3 Å². The van der Waals surface area contributed by atoms with Crippen molar-refractivity contribution < 1.29 is 9.50 Å². The van der Waals surface area contributed by atoms with Gasteiger partial charge in [0.15, 0.2) is 0 Å². The van der Waals surface area contributed by atoms with E-state index in [1.54, 1.807) is 13.0 Å². The van der Waals surface area contributed by atoms with Gasteiger partial charge in [0.05, 0.1) is 6.10 Å². The second-order valence-corrected chi connectivity index (χ2v) is 3.55. The predicted octanol–water partition coefficient (Wildman–Crippen LogP) is 2.73. The lowest BCUT2D eigenvalue weighted by atomic mass is 10.1. The zero-order valence-corrected chi connectivity index (χ0v) is 9.50. The molecule has 84 valence electrons. The maximum atomic E-state index is 13.0. The molecule has 2 nitrogen and oxygen atoms in total. The summed E-state index contributed by atoms with van der Waals surface area (Å²) in [5.74, 6) is -0.304. The van der Waals surface area contributed by atoms with Gasteiger partial charge in [-0.2, -0.15) is 0 Å². The van der Waals surface area contributed by atoms with E-state index in [4.69, 9.17) is 0 Å². The van der Waals surface area contributed by atoms with Crippen LogP contribution in [0.1, 0.15) is 32.4 Å². The third kappa shape index (κ3) is 2.69. The predicted molar refractivity (Wildman–Crippen MR) is 60.6 cm³/mol. The number of halogens is 1. The first-order chi connectivity index (χ1) is 7.10. The van der Waals surface area contributed by atoms with Crippen molar-refractivity contribution in [3.63, 3.8) is 0 Å². The second-order valence-electron chi connectivity index (χ2n) is 3.55. The normalized spacial score (nSPS) is 12.6. The van der Waals surface area contributed by atoms with Crippen LogP contribution in [0.3, 0.4) is 0 Å². The molecule has 0 saturated heterocycles. The number of nitrogens with zero attached hydrogens (tertiary/aromatic N) is 1. The van der Waals surface area contributed by atoms with Crippen LogP contribution in [0, 0.1) is 5.82 Å². The van der Waals surface area contributed by atoms with E-state index in [9.17, 15) is 9.50 Å². The van der Waals surface area contributed by atoms with Gasteiger partial charge in [0.1, 0.15) is 5.82 Å². The molecule has 0 fully saturated rings. The molecule has 1 rings (SSSR count). The summed E-state index contributed by atoms with van der Waals surface area (Å²) in [6, 6.07) is 4.56. The molecule has 15 heavy (non-hydrogen) atoms. The Morgan fingerprint density at radius 3 is 2.40 bits per heavy atom. The minimum Gasteiger partial charge on any atom is -0.389 e. The van der Waals surface area contributed by atoms with E-state index in [0.29, 0.717) is 5.56 Å². The van der Waals surface area contributed by atoms with Gasteiger partial charge in [-0.3, -0.25) is 0 Å². The quantitative estimate of drug-likeness (QED) is 0.827. The Morgan fingerprint density at radius 1 is 1.33 bits per heavy atom. The van der Waals surface area contributed by atoms with Gasteiger partial charge in [-0.05, 0) is 39.0 Å². The standard InChI is InChI=1S/C12H18FNO/c1-4-14(5-2)12-7-6-10(13)8-11(12)9(3)15/h6-9,15H,4-5H2,1-3H3. The number of aliphatic hydroxyl groups is 1. The number of hydrogen-bond acceptors (Lipinski definition) is 2. The minimum atomic E-state index is -0.642. The van der Waals surface area contributed by atoms with Crippen molar-refractivity contribution in [1.29, 1.82) is 0 Å². The first kappa shape index (κ1) is 12.0. The van der Waals surface area contributed by atoms with E-state index in [-0.39, 0.29) is 5.82 Å². The largest absolute Gasteiger partial charge is 0.389 e. The van der Waals surface area contributed by atoms with Crippen LogP contribution in [0.25, 0.3) is 0 Å². The van der Waals surface area contributed by atoms with E-state index >= 15 is 0 Å². The summed E-state index contributed by atoms with van der Waals surface area (Å²) in [6.07, 6.45) is -0.642. The van der Waals surface area contributed by atoms with Crippen LogP contribution in [0.2, 0.25) is 0 Å². The van der Waals surface area contributed by atoms with Gasteiger partial charge in [-0.1, -0.05) is 0 Å². The molecule has 0 radical (unpaired) electrons. The van der Waals surface area contributed by atoms with Gasteiger partial charge in [0.2, 0.25) is 0 Å². The van der Waals surface area contributed by atoms with Gasteiger partial charge < -0.3 is 10.0 Å². The van der Waals surface area contributed by atoms with Crippen molar-refractivity contribution >= 4 is 5.69 Å². The number of benzene rings is 1. The van der Waals surface area contributed by atoms with Crippen molar-refractivity contribution in [1.82, 2.24) is 0 Å². The molecule has 1 aromatic rings. The van der Waals surface area contributed by atoms with Crippen molar-refractivity contribution in [2.45, 2.75) is 26.9 Å². The number of anilines is 1. The van der Waals surface area contributed by atoms with E-state index in [0.717, 1.165) is 18.8 Å². The van der Waals surface area contributed by atoms with Crippen LogP contribution in [0.15, 0.2) is 18.2 Å². The van der Waals surface area contributed by atoms with Crippen LogP contribution in [-0.2, 0) is 0 Å². The van der Waals surface area contributed by atoms with Crippen molar-refractivity contribution in [3.05, 3.63) is 29.6 Å². The molecule has 0 aliphatic carbocycles. The van der Waals surface area contributed by atoms with Crippen molar-refractivity contribution in [2.75, 3.05) is 18.0 Å². The molecule has 1 unspecified atom stereocenters. The lowest BCUT2D eigenvalue weighted by Gasteiger charge is -2.25. The topological polar surface area (TPSA) is 23.5 Å². The Bertz CT molecular complexity index is 321. The zero-order chi connectivity index (χ0) is 11.4. The van der Waals surface area contributed by atoms with Crippen LogP contribution >= 0.6 is 0 Å². The molecule has 0 aliphatic rings. The summed E-state index contributed by atoms with van der Waals surface area (Å²) in [7, 11) is 0. The van der Waals surface area contributed by atoms with E-state index in [2.05, 4.69) is 4.90 Å². The molecule has 0 bridgehead atoms. The molecule has 0 saturated carbocycles. The third-order valence-electron chi connectivity index (χ3n) is 2.54. The highest BCUT2D eigenvalue weighted by Crippen LogP contribution is 2.26. The van der Waals surface area contributed by atoms with Gasteiger partial charge in [-0.15, -0.1) is 0 Å². The molecule has 1 N–H and O–H groups in total. The van der Waals surface area contributed by atoms with Crippen LogP contribution < -0.4 is 4.90 Å². The number of aliphatic hydroxyl groups excluding tert-OH is 1. The molecule has 0 heterocycles. The van der Waals surface area contributed by atoms with Gasteiger partial charge in [-0.25, -0.2) is 4.39 Å². The molecular formula is C12H18FNO. The fraction of sp³-hybridized carbons (Fsp3) is 0.500. The molecule has 0 spiro atoms. The lowest BCUT2D eigenvalue weighted by molar-refractivity contribution is 0.199. The average molecular weight is 211 g/mol. The van der Waals surface area contributed by atoms with Gasteiger partial charge in [0.25, 0.3) is 0 Å². The Labute approximate surface area is 90.3 Å². The van der Waals surface area contributed by atoms with E-state index in [1.807, 2.05) is 13.8 Å². The van der Waals surface area contributed by atoms with Crippen molar-refractivity contribution in [2.24, 2.45) is 0 Å². The summed E-state index contributed by atoms with van der Waals surface area (Å²) in [5, 5.41) is 9.58. The second kappa shape index (κ2) is 5.12. The Balaban J connectivity index is 3.15. The molecule has 0 aromatic heterocycles. The monoisotopic (exact) mass is 211 g/mol. The van der Waals surface area contributed by atoms with Crippen LogP contribution in [-0.4, -0.2) is 18.2 Å². The zero-order valence-electron chi connectivity index (χ0n) is 9.50. The van der Waals surface area contributed by atoms with E-state index in [1.165, 1.54) is 12.1 Å². The van der Waals surface area contributed by atoms with Gasteiger partial charge >= 0.3 is 0 Å². The fourth-order valence-corrected chi connectivity index (χ4v) is 1.71. The lowest BCUT2D eigenvalue weighted by Crippen LogP contribution is -2.23. The number of hydrogen-bond donors (Lipinski definition) is 1. The highest BCUT2D eigenvalue weighted by Gasteiger charge is 2.12. The summed E-state index contributed by atoms with van der Waals surface area (Å²) in [6.45, 7) is 7.43.